The van der Waals surface area contributed by atoms with Gasteiger partial charge in [0.05, 0.1) is 12.6 Å². The van der Waals surface area contributed by atoms with Crippen molar-refractivity contribution in [2.24, 2.45) is 0 Å². The quantitative estimate of drug-likeness (QED) is 0.859. The Morgan fingerprint density at radius 1 is 1.21 bits per heavy atom. The molecule has 1 saturated heterocycles. The number of alkyl halides is 3. The molecule has 10 heteroatoms. The summed E-state index contributed by atoms with van der Waals surface area (Å²) >= 11 is 0. The van der Waals surface area contributed by atoms with Crippen LogP contribution < -0.4 is 5.32 Å². The zero-order valence-electron chi connectivity index (χ0n) is 13.9. The fourth-order valence-corrected chi connectivity index (χ4v) is 2.50. The molecule has 0 saturated carbocycles. The van der Waals surface area contributed by atoms with Gasteiger partial charge in [-0.3, -0.25) is 14.6 Å². The van der Waals surface area contributed by atoms with Gasteiger partial charge in [-0.25, -0.2) is 0 Å². The predicted octanol–water partition coefficient (Wildman–Crippen LogP) is 1.12. The minimum atomic E-state index is -4.62. The van der Waals surface area contributed by atoms with Gasteiger partial charge in [-0.1, -0.05) is 0 Å². The summed E-state index contributed by atoms with van der Waals surface area (Å²) in [5, 5.41) is 9.32. The average molecular weight is 349 g/mol. The molecule has 24 heavy (non-hydrogen) atoms. The van der Waals surface area contributed by atoms with Crippen molar-refractivity contribution in [1.29, 1.82) is 0 Å². The molecule has 1 aromatic heterocycles. The van der Waals surface area contributed by atoms with Gasteiger partial charge in [0.1, 0.15) is 0 Å². The molecule has 0 spiro atoms. The summed E-state index contributed by atoms with van der Waals surface area (Å²) in [4.78, 5) is 16.0. The first-order chi connectivity index (χ1) is 11.2. The topological polar surface area (TPSA) is 74.5 Å². The zero-order chi connectivity index (χ0) is 17.9. The van der Waals surface area contributed by atoms with Crippen LogP contribution in [0.4, 0.5) is 13.2 Å². The smallest absolute Gasteiger partial charge is 0.416 e. The van der Waals surface area contributed by atoms with Gasteiger partial charge in [-0.2, -0.15) is 13.2 Å². The minimum absolute atomic E-state index is 0.0230. The third kappa shape index (κ3) is 4.91. The van der Waals surface area contributed by atoms with Crippen molar-refractivity contribution in [3.63, 3.8) is 0 Å². The maximum atomic E-state index is 12.4. The van der Waals surface area contributed by atoms with Crippen molar-refractivity contribution < 1.29 is 22.4 Å². The Kier molecular flexibility index (Phi) is 5.81. The Bertz CT molecular complexity index is 553. The maximum Gasteiger partial charge on any atom is 0.470 e. The number of carbonyl (C=O) groups excluding carboxylic acids is 1. The molecule has 1 N–H and O–H groups in total. The maximum absolute atomic E-state index is 12.4. The van der Waals surface area contributed by atoms with Gasteiger partial charge >= 0.3 is 12.1 Å². The molecule has 2 heterocycles. The van der Waals surface area contributed by atoms with Gasteiger partial charge in [0.25, 0.3) is 0 Å². The van der Waals surface area contributed by atoms with E-state index >= 15 is 0 Å². The van der Waals surface area contributed by atoms with Gasteiger partial charge in [0.15, 0.2) is 0 Å². The van der Waals surface area contributed by atoms with Crippen LogP contribution in [0.25, 0.3) is 0 Å². The molecule has 1 atom stereocenters. The molecule has 1 aromatic rings. The van der Waals surface area contributed by atoms with E-state index in [0.717, 1.165) is 0 Å². The van der Waals surface area contributed by atoms with Crippen LogP contribution in [0.5, 0.6) is 0 Å². The molecule has 1 amide bonds. The predicted molar refractivity (Wildman–Crippen MR) is 78.9 cm³/mol. The number of carbonyl (C=O) groups is 1. The lowest BCUT2D eigenvalue weighted by atomic mass is 10.2. The zero-order valence-corrected chi connectivity index (χ0v) is 13.9. The fourth-order valence-electron chi connectivity index (χ4n) is 2.50. The lowest BCUT2D eigenvalue weighted by Gasteiger charge is -2.37. The average Bonchev–Trinajstić information content (AvgIpc) is 2.95. The van der Waals surface area contributed by atoms with Crippen LogP contribution in [0, 0.1) is 0 Å². The van der Waals surface area contributed by atoms with Crippen molar-refractivity contribution in [3.05, 3.63) is 11.8 Å². The molecule has 1 unspecified atom stereocenters. The highest BCUT2D eigenvalue weighted by Gasteiger charge is 2.38. The fraction of sp³-hybridized carbons (Fsp3) is 0.786. The summed E-state index contributed by atoms with van der Waals surface area (Å²) in [6, 6.07) is -0.156. The van der Waals surface area contributed by atoms with Crippen LogP contribution in [0.15, 0.2) is 4.42 Å². The van der Waals surface area contributed by atoms with Crippen molar-refractivity contribution in [3.8, 4) is 0 Å². The molecule has 7 nitrogen and oxygen atoms in total. The third-order valence-electron chi connectivity index (χ3n) is 3.83. The summed E-state index contributed by atoms with van der Waals surface area (Å²) < 4.78 is 41.9. The molecule has 0 bridgehead atoms. The first kappa shape index (κ1) is 18.7. The minimum Gasteiger partial charge on any atom is -0.416 e. The van der Waals surface area contributed by atoms with E-state index in [1.807, 2.05) is 30.6 Å². The van der Waals surface area contributed by atoms with E-state index in [0.29, 0.717) is 26.2 Å². The van der Waals surface area contributed by atoms with Crippen molar-refractivity contribution >= 4 is 5.91 Å². The number of piperazine rings is 1. The van der Waals surface area contributed by atoms with Crippen LogP contribution in [0.1, 0.15) is 32.6 Å². The van der Waals surface area contributed by atoms with Crippen molar-refractivity contribution in [2.75, 3.05) is 26.2 Å². The summed E-state index contributed by atoms with van der Waals surface area (Å²) in [6.07, 6.45) is -4.62. The van der Waals surface area contributed by atoms with Crippen LogP contribution in [-0.2, 0) is 17.5 Å². The lowest BCUT2D eigenvalue weighted by molar-refractivity contribution is -0.157. The van der Waals surface area contributed by atoms with Crippen molar-refractivity contribution in [1.82, 2.24) is 25.3 Å². The van der Waals surface area contributed by atoms with E-state index in [1.165, 1.54) is 0 Å². The monoisotopic (exact) mass is 349 g/mol. The van der Waals surface area contributed by atoms with E-state index in [2.05, 4.69) is 19.9 Å². The molecule has 1 fully saturated rings. The number of halogens is 3. The molecule has 2 rings (SSSR count). The molecule has 0 radical (unpaired) electrons. The number of aromatic nitrogens is 2. The van der Waals surface area contributed by atoms with Gasteiger partial charge in [-0.15, -0.1) is 10.2 Å². The van der Waals surface area contributed by atoms with Gasteiger partial charge < -0.3 is 9.73 Å². The van der Waals surface area contributed by atoms with E-state index in [1.54, 1.807) is 0 Å². The molecular weight excluding hydrogens is 327 g/mol. The second-order valence-corrected chi connectivity index (χ2v) is 6.15. The second kappa shape index (κ2) is 7.47. The molecule has 136 valence electrons. The standard InChI is InChI=1S/C14H22F3N5O2/c1-9(2)18-12(23)10(3)22-6-4-21(5-7-22)8-11-19-20-13(24-11)14(15,16)17/h9-10H,4-8H2,1-3H3,(H,18,23). The Morgan fingerprint density at radius 2 is 1.83 bits per heavy atom. The SMILES string of the molecule is CC(C)NC(=O)C(C)N1CCN(Cc2nnc(C(F)(F)F)o2)CC1. The lowest BCUT2D eigenvalue weighted by Crippen LogP contribution is -2.54. The molecule has 0 aromatic carbocycles. The number of hydrogen-bond acceptors (Lipinski definition) is 6. The summed E-state index contributed by atoms with van der Waals surface area (Å²) in [6.45, 7) is 8.35. The van der Waals surface area contributed by atoms with E-state index < -0.39 is 12.1 Å². The normalized spacial score (nSPS) is 18.8. The number of nitrogens with one attached hydrogen (secondary N) is 1. The summed E-state index contributed by atoms with van der Waals surface area (Å²) in [7, 11) is 0. The Morgan fingerprint density at radius 3 is 2.33 bits per heavy atom. The number of nitrogens with zero attached hydrogens (tertiary/aromatic N) is 4. The molecule has 1 aliphatic heterocycles. The van der Waals surface area contributed by atoms with Gasteiger partial charge in [-0.05, 0) is 20.8 Å². The Hall–Kier alpha value is -1.68. The third-order valence-corrected chi connectivity index (χ3v) is 3.83. The van der Waals surface area contributed by atoms with E-state index in [4.69, 9.17) is 0 Å². The largest absolute Gasteiger partial charge is 0.470 e. The Balaban J connectivity index is 1.82. The summed E-state index contributed by atoms with van der Waals surface area (Å²) in [5.74, 6) is -1.40. The second-order valence-electron chi connectivity index (χ2n) is 6.15. The van der Waals surface area contributed by atoms with Crippen LogP contribution in [0.3, 0.4) is 0 Å². The van der Waals surface area contributed by atoms with Gasteiger partial charge in [0, 0.05) is 32.2 Å². The first-order valence-electron chi connectivity index (χ1n) is 7.83. The summed E-state index contributed by atoms with van der Waals surface area (Å²) in [5.41, 5.74) is 0. The highest BCUT2D eigenvalue weighted by atomic mass is 19.4. The Labute approximate surface area is 138 Å². The number of rotatable bonds is 5. The van der Waals surface area contributed by atoms with Crippen LogP contribution >= 0.6 is 0 Å². The first-order valence-corrected chi connectivity index (χ1v) is 7.83. The highest BCUT2D eigenvalue weighted by molar-refractivity contribution is 5.81. The van der Waals surface area contributed by atoms with Gasteiger partial charge in [0.2, 0.25) is 11.8 Å². The van der Waals surface area contributed by atoms with Crippen LogP contribution in [0.2, 0.25) is 0 Å². The molecule has 1 aliphatic rings. The van der Waals surface area contributed by atoms with Crippen LogP contribution in [-0.4, -0.2) is 64.2 Å². The van der Waals surface area contributed by atoms with E-state index in [-0.39, 0.29) is 30.4 Å². The number of amides is 1. The molecular formula is C14H22F3N5O2. The van der Waals surface area contributed by atoms with E-state index in [9.17, 15) is 18.0 Å². The molecule has 0 aliphatic carbocycles. The number of hydrogen-bond donors (Lipinski definition) is 1. The van der Waals surface area contributed by atoms with Crippen molar-refractivity contribution in [2.45, 2.75) is 45.6 Å². The highest BCUT2D eigenvalue weighted by Crippen LogP contribution is 2.27.